The molecule has 2 nitrogen and oxygen atoms in total. The molecule has 0 radical (unpaired) electrons. The third kappa shape index (κ3) is 3.75. The summed E-state index contributed by atoms with van der Waals surface area (Å²) in [6, 6.07) is 54.3. The molecule has 2 saturated carbocycles. The van der Waals surface area contributed by atoms with Gasteiger partial charge in [0.1, 0.15) is 0 Å². The number of aromatic nitrogens is 2. The summed E-state index contributed by atoms with van der Waals surface area (Å²) in [7, 11) is 0. The molecule has 0 aliphatic heterocycles. The first kappa shape index (κ1) is 25.3. The molecule has 0 spiro atoms. The largest absolute Gasteiger partial charge is 0.309 e. The van der Waals surface area contributed by atoms with E-state index >= 15 is 0 Å². The molecule has 2 aliphatic carbocycles. The van der Waals surface area contributed by atoms with Crippen LogP contribution in [0.25, 0.3) is 55.0 Å². The predicted octanol–water partition coefficient (Wildman–Crippen LogP) is 11.2. The Morgan fingerprint density at radius 3 is 1.02 bits per heavy atom. The molecule has 2 heteroatoms. The van der Waals surface area contributed by atoms with Crippen molar-refractivity contribution in [3.63, 3.8) is 0 Å². The zero-order valence-corrected chi connectivity index (χ0v) is 25.2. The van der Waals surface area contributed by atoms with Crippen LogP contribution < -0.4 is 0 Å². The van der Waals surface area contributed by atoms with Crippen molar-refractivity contribution in [2.75, 3.05) is 0 Å². The smallest absolute Gasteiger partial charge is 0.0541 e. The van der Waals surface area contributed by atoms with Crippen LogP contribution in [-0.2, 0) is 0 Å². The van der Waals surface area contributed by atoms with Gasteiger partial charge in [-0.2, -0.15) is 0 Å². The van der Waals surface area contributed by atoms with Gasteiger partial charge in [-0.3, -0.25) is 0 Å². The minimum absolute atomic E-state index is 0.637. The normalized spacial score (nSPS) is 21.1. The molecular formula is C43H34N2. The minimum Gasteiger partial charge on any atom is -0.309 e. The van der Waals surface area contributed by atoms with E-state index in [4.69, 9.17) is 0 Å². The molecule has 216 valence electrons. The lowest BCUT2D eigenvalue weighted by Gasteiger charge is -2.30. The van der Waals surface area contributed by atoms with Gasteiger partial charge in [-0.25, -0.2) is 0 Å². The van der Waals surface area contributed by atoms with Gasteiger partial charge in [0.05, 0.1) is 22.1 Å². The van der Waals surface area contributed by atoms with Crippen LogP contribution in [-0.4, -0.2) is 9.13 Å². The van der Waals surface area contributed by atoms with Crippen molar-refractivity contribution in [3.05, 3.63) is 157 Å². The SMILES string of the molecule is c1ccc2c(c1)c1ccccc1n2-c1ccc(C2CC3CC(c4ccc(-n5c6ccccc6c6ccccc65)cc4)C2C3)cc1. The van der Waals surface area contributed by atoms with Crippen molar-refractivity contribution < 1.29 is 0 Å². The van der Waals surface area contributed by atoms with E-state index in [0.29, 0.717) is 17.8 Å². The quantitative estimate of drug-likeness (QED) is 0.197. The summed E-state index contributed by atoms with van der Waals surface area (Å²) in [6.45, 7) is 0. The highest BCUT2D eigenvalue weighted by Crippen LogP contribution is 2.59. The Labute approximate surface area is 263 Å². The Morgan fingerprint density at radius 2 is 0.689 bits per heavy atom. The predicted molar refractivity (Wildman–Crippen MR) is 188 cm³/mol. The molecule has 2 aliphatic rings. The number of benzene rings is 6. The van der Waals surface area contributed by atoms with E-state index in [-0.39, 0.29) is 0 Å². The van der Waals surface area contributed by atoms with Crippen molar-refractivity contribution in [2.24, 2.45) is 11.8 Å². The van der Waals surface area contributed by atoms with Gasteiger partial charge in [0.15, 0.2) is 0 Å². The molecule has 10 rings (SSSR count). The first-order valence-corrected chi connectivity index (χ1v) is 16.5. The maximum absolute atomic E-state index is 2.43. The highest BCUT2D eigenvalue weighted by molar-refractivity contribution is 6.10. The first-order valence-electron chi connectivity index (χ1n) is 16.5. The average molecular weight is 579 g/mol. The van der Waals surface area contributed by atoms with Gasteiger partial charge in [-0.15, -0.1) is 0 Å². The molecule has 2 aromatic heterocycles. The number of hydrogen-bond acceptors (Lipinski definition) is 0. The molecule has 2 atom stereocenters. The maximum Gasteiger partial charge on any atom is 0.0541 e. The van der Waals surface area contributed by atoms with Gasteiger partial charge in [0.2, 0.25) is 0 Å². The van der Waals surface area contributed by atoms with Gasteiger partial charge in [0.25, 0.3) is 0 Å². The number of para-hydroxylation sites is 4. The summed E-state index contributed by atoms with van der Waals surface area (Å²) in [4.78, 5) is 0. The van der Waals surface area contributed by atoms with Crippen molar-refractivity contribution in [1.82, 2.24) is 9.13 Å². The Kier molecular flexibility index (Phi) is 5.45. The summed E-state index contributed by atoms with van der Waals surface area (Å²) in [5.74, 6) is 2.82. The molecule has 6 aromatic carbocycles. The van der Waals surface area contributed by atoms with Crippen molar-refractivity contribution in [1.29, 1.82) is 0 Å². The molecule has 45 heavy (non-hydrogen) atoms. The molecule has 2 heterocycles. The zero-order chi connectivity index (χ0) is 29.5. The molecule has 0 N–H and O–H groups in total. The van der Waals surface area contributed by atoms with Gasteiger partial charge in [0, 0.05) is 32.9 Å². The molecule has 8 aromatic rings. The van der Waals surface area contributed by atoms with E-state index in [1.807, 2.05) is 0 Å². The monoisotopic (exact) mass is 578 g/mol. The number of fused-ring (bicyclic) bond motifs is 8. The summed E-state index contributed by atoms with van der Waals surface area (Å²) >= 11 is 0. The van der Waals surface area contributed by atoms with Gasteiger partial charge in [-0.1, -0.05) is 97.1 Å². The topological polar surface area (TPSA) is 9.86 Å². The summed E-state index contributed by atoms with van der Waals surface area (Å²) in [5.41, 5.74) is 10.6. The highest BCUT2D eigenvalue weighted by Gasteiger charge is 2.47. The standard InChI is InChI=1S/C43H34N2/c1-5-13-40-33(9-1)34-10-2-6-14-41(34)44(40)31-21-17-29(18-22-31)37-25-28-26-38(39(37)27-28)30-19-23-32(24-20-30)45-42-15-7-3-11-35(42)36-12-4-8-16-43(36)45/h1-24,28,37-39H,25-27H2. The van der Waals surface area contributed by atoms with Crippen LogP contribution in [0.4, 0.5) is 0 Å². The molecule has 0 amide bonds. The molecule has 2 fully saturated rings. The lowest BCUT2D eigenvalue weighted by Crippen LogP contribution is -2.17. The van der Waals surface area contributed by atoms with Crippen LogP contribution in [0.1, 0.15) is 42.2 Å². The Bertz CT molecular complexity index is 2100. The lowest BCUT2D eigenvalue weighted by atomic mass is 9.74. The van der Waals surface area contributed by atoms with E-state index in [0.717, 1.165) is 5.92 Å². The van der Waals surface area contributed by atoms with E-state index in [1.54, 1.807) is 0 Å². The lowest BCUT2D eigenvalue weighted by molar-refractivity contribution is 0.369. The van der Waals surface area contributed by atoms with Gasteiger partial charge < -0.3 is 9.13 Å². The average Bonchev–Trinajstić information content (AvgIpc) is 3.88. The second-order valence-corrected chi connectivity index (χ2v) is 13.4. The third-order valence-corrected chi connectivity index (χ3v) is 11.1. The second kappa shape index (κ2) is 9.71. The van der Waals surface area contributed by atoms with E-state index in [9.17, 15) is 0 Å². The zero-order valence-electron chi connectivity index (χ0n) is 25.2. The molecule has 2 bridgehead atoms. The summed E-state index contributed by atoms with van der Waals surface area (Å²) in [6.07, 6.45) is 4.02. The minimum atomic E-state index is 0.637. The van der Waals surface area contributed by atoms with Crippen LogP contribution in [0, 0.1) is 11.8 Å². The number of hydrogen-bond donors (Lipinski definition) is 0. The van der Waals surface area contributed by atoms with Crippen molar-refractivity contribution in [2.45, 2.75) is 31.1 Å². The first-order chi connectivity index (χ1) is 22.3. The fraction of sp³-hybridized carbons (Fsp3) is 0.163. The van der Waals surface area contributed by atoms with Crippen LogP contribution in [0.15, 0.2) is 146 Å². The van der Waals surface area contributed by atoms with Crippen molar-refractivity contribution in [3.8, 4) is 11.4 Å². The van der Waals surface area contributed by atoms with Crippen LogP contribution in [0.5, 0.6) is 0 Å². The second-order valence-electron chi connectivity index (χ2n) is 13.4. The molecular weight excluding hydrogens is 544 g/mol. The van der Waals surface area contributed by atoms with Gasteiger partial charge >= 0.3 is 0 Å². The third-order valence-electron chi connectivity index (χ3n) is 11.1. The van der Waals surface area contributed by atoms with E-state index < -0.39 is 0 Å². The molecule has 0 saturated heterocycles. The summed E-state index contributed by atoms with van der Waals surface area (Å²) in [5, 5.41) is 5.27. The van der Waals surface area contributed by atoms with E-state index in [1.165, 1.54) is 85.4 Å². The Morgan fingerprint density at radius 1 is 0.356 bits per heavy atom. The van der Waals surface area contributed by atoms with Gasteiger partial charge in [-0.05, 0) is 103 Å². The highest BCUT2D eigenvalue weighted by atomic mass is 15.0. The fourth-order valence-electron chi connectivity index (χ4n) is 9.26. The van der Waals surface area contributed by atoms with Crippen LogP contribution >= 0.6 is 0 Å². The number of nitrogens with zero attached hydrogens (tertiary/aromatic N) is 2. The van der Waals surface area contributed by atoms with Crippen LogP contribution in [0.2, 0.25) is 0 Å². The maximum atomic E-state index is 2.43. The fourth-order valence-corrected chi connectivity index (χ4v) is 9.26. The van der Waals surface area contributed by atoms with Crippen LogP contribution in [0.3, 0.4) is 0 Å². The summed E-state index contributed by atoms with van der Waals surface area (Å²) < 4.78 is 4.85. The van der Waals surface area contributed by atoms with Crippen molar-refractivity contribution >= 4 is 43.6 Å². The Balaban J connectivity index is 0.964. The molecule has 2 unspecified atom stereocenters. The number of rotatable bonds is 4. The van der Waals surface area contributed by atoms with E-state index in [2.05, 4.69) is 155 Å². The Hall–Kier alpha value is -5.08.